The molecule has 0 aliphatic rings. The van der Waals surface area contributed by atoms with E-state index in [1.54, 1.807) is 7.11 Å². The fourth-order valence-electron chi connectivity index (χ4n) is 0.769. The topological polar surface area (TPSA) is 9.23 Å². The molecule has 0 unspecified atom stereocenters. The summed E-state index contributed by atoms with van der Waals surface area (Å²) in [5, 5.41) is 0.869. The van der Waals surface area contributed by atoms with Crippen molar-refractivity contribution in [2.24, 2.45) is 0 Å². The molecule has 0 heterocycles. The minimum Gasteiger partial charge on any atom is -0.496 e. The molecule has 0 saturated carbocycles. The lowest BCUT2D eigenvalue weighted by Gasteiger charge is -2.06. The zero-order valence-electron chi connectivity index (χ0n) is 5.92. The first-order valence-corrected chi connectivity index (χ1v) is 6.15. The molecule has 0 saturated heterocycles. The number of hydrogen-bond donors (Lipinski definition) is 0. The van der Waals surface area contributed by atoms with Crippen LogP contribution in [0.4, 0.5) is 0 Å². The van der Waals surface area contributed by atoms with Crippen LogP contribution in [0, 0.1) is 0 Å². The first-order valence-electron chi connectivity index (χ1n) is 3.00. The number of rotatable bonds is 2. The highest BCUT2D eigenvalue weighted by Gasteiger charge is 2.08. The van der Waals surface area contributed by atoms with Gasteiger partial charge in [-0.05, 0) is 12.1 Å². The zero-order valence-corrected chi connectivity index (χ0v) is 8.33. The Bertz CT molecular complexity index is 240. The van der Waals surface area contributed by atoms with Gasteiger partial charge in [0.1, 0.15) is 12.4 Å². The largest absolute Gasteiger partial charge is 0.496 e. The van der Waals surface area contributed by atoms with Crippen molar-refractivity contribution in [1.82, 2.24) is 0 Å². The van der Waals surface area contributed by atoms with Gasteiger partial charge in [0.25, 0.3) is 0 Å². The van der Waals surface area contributed by atoms with E-state index in [-0.39, 0.29) is 0 Å². The van der Waals surface area contributed by atoms with E-state index in [0.29, 0.717) is 0 Å². The highest BCUT2D eigenvalue weighted by atomic mass is 35.9. The van der Waals surface area contributed by atoms with Crippen LogP contribution in [-0.2, 0) is 0 Å². The Morgan fingerprint density at radius 1 is 1.27 bits per heavy atom. The molecule has 1 nitrogen and oxygen atoms in total. The second-order valence-electron chi connectivity index (χ2n) is 1.90. The average Bonchev–Trinajstić information content (AvgIpc) is 2.04. The molecule has 1 aromatic carbocycles. The van der Waals surface area contributed by atoms with Gasteiger partial charge >= 0.3 is 0 Å². The first-order chi connectivity index (χ1) is 5.25. The summed E-state index contributed by atoms with van der Waals surface area (Å²) < 4.78 is 5.05. The minimum absolute atomic E-state index is 0.753. The van der Waals surface area contributed by atoms with Crippen molar-refractivity contribution >= 4 is 34.4 Å². The molecule has 0 fully saturated rings. The van der Waals surface area contributed by atoms with Crippen molar-refractivity contribution in [3.05, 3.63) is 24.3 Å². The number of hydrogen-bond acceptors (Lipinski definition) is 1. The number of halogens is 2. The monoisotopic (exact) mass is 208 g/mol. The van der Waals surface area contributed by atoms with Crippen LogP contribution in [0.2, 0.25) is 0 Å². The number of para-hydroxylation sites is 1. The Labute approximate surface area is 76.6 Å². The fourth-order valence-corrected chi connectivity index (χ4v) is 2.14. The van der Waals surface area contributed by atoms with Gasteiger partial charge in [0, 0.05) is 5.30 Å². The molecule has 0 N–H and O–H groups in total. The van der Waals surface area contributed by atoms with Crippen LogP contribution in [0.5, 0.6) is 5.75 Å². The lowest BCUT2D eigenvalue weighted by atomic mass is 10.3. The molecule has 11 heavy (non-hydrogen) atoms. The van der Waals surface area contributed by atoms with Gasteiger partial charge in [-0.15, -0.1) is 0 Å². The molecule has 0 bridgehead atoms. The summed E-state index contributed by atoms with van der Waals surface area (Å²) in [7, 11) is 1.60. The van der Waals surface area contributed by atoms with E-state index in [4.69, 9.17) is 27.2 Å². The van der Waals surface area contributed by atoms with E-state index in [2.05, 4.69) is 0 Å². The lowest BCUT2D eigenvalue weighted by molar-refractivity contribution is 0.418. The molecule has 60 valence electrons. The van der Waals surface area contributed by atoms with Gasteiger partial charge in [-0.1, -0.05) is 34.6 Å². The fraction of sp³-hybridized carbons (Fsp3) is 0.143. The number of benzene rings is 1. The Morgan fingerprint density at radius 2 is 1.91 bits per heavy atom. The van der Waals surface area contributed by atoms with E-state index >= 15 is 0 Å². The molecule has 0 spiro atoms. The predicted molar refractivity (Wildman–Crippen MR) is 51.3 cm³/mol. The molecule has 4 heteroatoms. The Morgan fingerprint density at radius 3 is 2.36 bits per heavy atom. The van der Waals surface area contributed by atoms with Crippen molar-refractivity contribution in [3.8, 4) is 5.75 Å². The molecule has 1 rings (SSSR count). The van der Waals surface area contributed by atoms with Crippen LogP contribution in [0.3, 0.4) is 0 Å². The smallest absolute Gasteiger partial charge is 0.128 e. The summed E-state index contributed by atoms with van der Waals surface area (Å²) in [6.45, 7) is -1.10. The molecule has 0 amide bonds. The third-order valence-electron chi connectivity index (χ3n) is 1.27. The lowest BCUT2D eigenvalue weighted by Crippen LogP contribution is -1.99. The normalized spacial score (nSPS) is 10.2. The zero-order chi connectivity index (χ0) is 8.27. The highest BCUT2D eigenvalue weighted by Crippen LogP contribution is 2.47. The summed E-state index contributed by atoms with van der Waals surface area (Å²) in [6.07, 6.45) is 0. The maximum atomic E-state index is 5.74. The van der Waals surface area contributed by atoms with Crippen LogP contribution in [0.25, 0.3) is 0 Å². The highest BCUT2D eigenvalue weighted by molar-refractivity contribution is 8.09. The first kappa shape index (κ1) is 9.12. The van der Waals surface area contributed by atoms with Crippen molar-refractivity contribution in [3.63, 3.8) is 0 Å². The molecule has 0 aromatic heterocycles. The van der Waals surface area contributed by atoms with E-state index in [0.717, 1.165) is 11.1 Å². The summed E-state index contributed by atoms with van der Waals surface area (Å²) in [4.78, 5) is 0. The quantitative estimate of drug-likeness (QED) is 0.680. The average molecular weight is 209 g/mol. The van der Waals surface area contributed by atoms with Crippen LogP contribution in [0.1, 0.15) is 0 Å². The van der Waals surface area contributed by atoms with E-state index in [9.17, 15) is 0 Å². The van der Waals surface area contributed by atoms with Crippen LogP contribution < -0.4 is 10.0 Å². The Hall–Kier alpha value is 0.0300. The molecular formula is C7H7Cl2OP. The standard InChI is InChI=1S/C7H7Cl2OP/c1-10-6-4-2-3-5-7(6)11(8)9/h2-5H,1H3. The molecule has 0 aliphatic heterocycles. The van der Waals surface area contributed by atoms with E-state index < -0.39 is 6.63 Å². The number of ether oxygens (including phenoxy) is 1. The van der Waals surface area contributed by atoms with Crippen molar-refractivity contribution in [2.45, 2.75) is 0 Å². The maximum Gasteiger partial charge on any atom is 0.128 e. The SMILES string of the molecule is COc1ccccc1P(Cl)Cl. The van der Waals surface area contributed by atoms with Gasteiger partial charge in [-0.25, -0.2) is 0 Å². The Balaban J connectivity index is 3.02. The maximum absolute atomic E-state index is 5.74. The summed E-state index contributed by atoms with van der Waals surface area (Å²) in [5.41, 5.74) is 0. The van der Waals surface area contributed by atoms with E-state index in [1.165, 1.54) is 0 Å². The molecule has 0 aliphatic carbocycles. The van der Waals surface area contributed by atoms with Gasteiger partial charge in [0.15, 0.2) is 0 Å². The number of methoxy groups -OCH3 is 1. The van der Waals surface area contributed by atoms with Crippen LogP contribution in [0.15, 0.2) is 24.3 Å². The van der Waals surface area contributed by atoms with Gasteiger partial charge < -0.3 is 4.74 Å². The third-order valence-corrected chi connectivity index (χ3v) is 3.09. The Kier molecular flexibility index (Phi) is 3.45. The molecular weight excluding hydrogens is 202 g/mol. The van der Waals surface area contributed by atoms with E-state index in [1.807, 2.05) is 24.3 Å². The van der Waals surface area contributed by atoms with Crippen molar-refractivity contribution < 1.29 is 4.74 Å². The van der Waals surface area contributed by atoms with Crippen molar-refractivity contribution in [1.29, 1.82) is 0 Å². The summed E-state index contributed by atoms with van der Waals surface area (Å²) in [5.74, 6) is 0.753. The third kappa shape index (κ3) is 2.23. The van der Waals surface area contributed by atoms with Gasteiger partial charge in [-0.3, -0.25) is 0 Å². The van der Waals surface area contributed by atoms with Crippen LogP contribution >= 0.6 is 29.1 Å². The molecule has 1 aromatic rings. The van der Waals surface area contributed by atoms with Gasteiger partial charge in [0.2, 0.25) is 0 Å². The second kappa shape index (κ2) is 4.15. The molecule has 0 atom stereocenters. The van der Waals surface area contributed by atoms with Gasteiger partial charge in [-0.2, -0.15) is 0 Å². The summed E-state index contributed by atoms with van der Waals surface area (Å²) in [6, 6.07) is 7.48. The minimum atomic E-state index is -1.10. The summed E-state index contributed by atoms with van der Waals surface area (Å²) >= 11 is 11.5. The van der Waals surface area contributed by atoms with Crippen LogP contribution in [-0.4, -0.2) is 7.11 Å². The second-order valence-corrected chi connectivity index (χ2v) is 5.40. The molecule has 0 radical (unpaired) electrons. The van der Waals surface area contributed by atoms with Crippen molar-refractivity contribution in [2.75, 3.05) is 7.11 Å². The predicted octanol–water partition coefficient (Wildman–Crippen LogP) is 3.11. The van der Waals surface area contributed by atoms with Gasteiger partial charge in [0.05, 0.1) is 7.11 Å².